The monoisotopic (exact) mass is 379 g/mol. The van der Waals surface area contributed by atoms with Gasteiger partial charge in [-0.2, -0.15) is 0 Å². The lowest BCUT2D eigenvalue weighted by Crippen LogP contribution is -2.54. The molecule has 0 radical (unpaired) electrons. The van der Waals surface area contributed by atoms with Gasteiger partial charge in [-0.15, -0.1) is 0 Å². The number of nitrogens with one attached hydrogen (secondary N) is 1. The van der Waals surface area contributed by atoms with Gasteiger partial charge in [0.25, 0.3) is 11.8 Å². The number of nitrogens with zero attached hydrogens (tertiary/aromatic N) is 2. The van der Waals surface area contributed by atoms with Crippen LogP contribution >= 0.6 is 35.4 Å². The number of hydrogen-bond acceptors (Lipinski definition) is 3. The Labute approximate surface area is 153 Å². The van der Waals surface area contributed by atoms with Gasteiger partial charge in [0.15, 0.2) is 5.11 Å². The van der Waals surface area contributed by atoms with Crippen molar-refractivity contribution in [1.82, 2.24) is 9.88 Å². The highest BCUT2D eigenvalue weighted by Gasteiger charge is 2.34. The van der Waals surface area contributed by atoms with Crippen LogP contribution in [0.2, 0.25) is 10.0 Å². The topological polar surface area (TPSA) is 54.3 Å². The maximum Gasteiger partial charge on any atom is 0.270 e. The van der Waals surface area contributed by atoms with Gasteiger partial charge in [-0.25, -0.2) is 0 Å². The standard InChI is InChI=1S/C16H11Cl2N3O2S/c1-20-6-2-3-9(20)7-11-14(22)19-16(24)21(15(11)23)10-4-5-12(17)13(18)8-10/h2-8H,1H3,(H,19,22,24)/b11-7-. The van der Waals surface area contributed by atoms with Crippen molar-refractivity contribution in [2.45, 2.75) is 0 Å². The van der Waals surface area contributed by atoms with Gasteiger partial charge >= 0.3 is 0 Å². The number of carbonyl (C=O) groups is 2. The Hall–Kier alpha value is -2.15. The Bertz CT molecular complexity index is 904. The van der Waals surface area contributed by atoms with Crippen molar-refractivity contribution in [1.29, 1.82) is 0 Å². The van der Waals surface area contributed by atoms with Gasteiger partial charge in [0.2, 0.25) is 0 Å². The first-order chi connectivity index (χ1) is 11.4. The summed E-state index contributed by atoms with van der Waals surface area (Å²) in [6.45, 7) is 0. The van der Waals surface area contributed by atoms with E-state index in [1.807, 2.05) is 19.3 Å². The molecule has 122 valence electrons. The molecule has 2 heterocycles. The summed E-state index contributed by atoms with van der Waals surface area (Å²) in [5, 5.41) is 3.16. The van der Waals surface area contributed by atoms with E-state index in [1.54, 1.807) is 22.8 Å². The fourth-order valence-electron chi connectivity index (χ4n) is 2.29. The molecular formula is C16H11Cl2N3O2S. The van der Waals surface area contributed by atoms with E-state index < -0.39 is 11.8 Å². The van der Waals surface area contributed by atoms with Crippen LogP contribution < -0.4 is 10.2 Å². The van der Waals surface area contributed by atoms with Crippen molar-refractivity contribution < 1.29 is 9.59 Å². The highest BCUT2D eigenvalue weighted by molar-refractivity contribution is 7.80. The van der Waals surface area contributed by atoms with E-state index in [0.29, 0.717) is 10.7 Å². The fraction of sp³-hybridized carbons (Fsp3) is 0.0625. The van der Waals surface area contributed by atoms with E-state index in [9.17, 15) is 9.59 Å². The lowest BCUT2D eigenvalue weighted by atomic mass is 10.1. The van der Waals surface area contributed by atoms with Crippen molar-refractivity contribution in [2.24, 2.45) is 7.05 Å². The minimum atomic E-state index is -0.539. The van der Waals surface area contributed by atoms with E-state index in [-0.39, 0.29) is 15.7 Å². The smallest absolute Gasteiger partial charge is 0.270 e. The van der Waals surface area contributed by atoms with Gasteiger partial charge in [-0.3, -0.25) is 19.8 Å². The third-order valence-electron chi connectivity index (χ3n) is 3.54. The quantitative estimate of drug-likeness (QED) is 0.495. The van der Waals surface area contributed by atoms with Crippen LogP contribution in [-0.4, -0.2) is 21.5 Å². The van der Waals surface area contributed by atoms with E-state index in [4.69, 9.17) is 35.4 Å². The average molecular weight is 380 g/mol. The number of thiocarbonyl (C=S) groups is 1. The summed E-state index contributed by atoms with van der Waals surface area (Å²) < 4.78 is 1.80. The van der Waals surface area contributed by atoms with Gasteiger partial charge in [0, 0.05) is 18.9 Å². The normalized spacial score (nSPS) is 16.7. The number of anilines is 1. The lowest BCUT2D eigenvalue weighted by Gasteiger charge is -2.29. The molecule has 0 unspecified atom stereocenters. The number of aryl methyl sites for hydroxylation is 1. The molecule has 1 saturated heterocycles. The summed E-state index contributed by atoms with van der Waals surface area (Å²) in [5.74, 6) is -1.06. The predicted molar refractivity (Wildman–Crippen MR) is 98.1 cm³/mol. The van der Waals surface area contributed by atoms with E-state index >= 15 is 0 Å². The largest absolute Gasteiger partial charge is 0.351 e. The van der Waals surface area contributed by atoms with Crippen LogP contribution in [0, 0.1) is 0 Å². The molecule has 0 aliphatic carbocycles. The second-order valence-corrected chi connectivity index (χ2v) is 6.30. The molecule has 1 aromatic heterocycles. The summed E-state index contributed by atoms with van der Waals surface area (Å²) in [5.41, 5.74) is 1.13. The van der Waals surface area contributed by atoms with Crippen LogP contribution in [-0.2, 0) is 16.6 Å². The Morgan fingerprint density at radius 2 is 1.92 bits per heavy atom. The summed E-state index contributed by atoms with van der Waals surface area (Å²) in [6.07, 6.45) is 3.34. The Morgan fingerprint density at radius 3 is 2.54 bits per heavy atom. The number of aromatic nitrogens is 1. The Kier molecular flexibility index (Phi) is 4.45. The number of halogens is 2. The first kappa shape index (κ1) is 16.7. The molecule has 8 heteroatoms. The molecular weight excluding hydrogens is 369 g/mol. The number of benzene rings is 1. The molecule has 0 atom stereocenters. The molecule has 3 rings (SSSR count). The van der Waals surface area contributed by atoms with Crippen LogP contribution in [0.1, 0.15) is 5.69 Å². The third kappa shape index (κ3) is 2.96. The minimum absolute atomic E-state index is 0.00702. The van der Waals surface area contributed by atoms with Crippen molar-refractivity contribution in [3.05, 3.63) is 57.8 Å². The molecule has 2 amide bonds. The summed E-state index contributed by atoms with van der Waals surface area (Å²) in [6, 6.07) is 8.30. The van der Waals surface area contributed by atoms with Crippen molar-refractivity contribution >= 4 is 64.1 Å². The van der Waals surface area contributed by atoms with Gasteiger partial charge < -0.3 is 4.57 Å². The molecule has 1 N–H and O–H groups in total. The van der Waals surface area contributed by atoms with Crippen LogP contribution in [0.15, 0.2) is 42.1 Å². The predicted octanol–water partition coefficient (Wildman–Crippen LogP) is 3.16. The number of carbonyl (C=O) groups excluding carboxylic acids is 2. The average Bonchev–Trinajstić information content (AvgIpc) is 2.92. The molecule has 1 aliphatic rings. The third-order valence-corrected chi connectivity index (χ3v) is 4.56. The Balaban J connectivity index is 2.04. The summed E-state index contributed by atoms with van der Waals surface area (Å²) in [7, 11) is 1.82. The maximum absolute atomic E-state index is 12.8. The van der Waals surface area contributed by atoms with E-state index in [2.05, 4.69) is 5.32 Å². The van der Waals surface area contributed by atoms with Crippen LogP contribution in [0.3, 0.4) is 0 Å². The number of hydrogen-bond donors (Lipinski definition) is 1. The zero-order chi connectivity index (χ0) is 17.4. The van der Waals surface area contributed by atoms with Crippen molar-refractivity contribution in [2.75, 3.05) is 4.90 Å². The van der Waals surface area contributed by atoms with Gasteiger partial charge in [0.05, 0.1) is 15.7 Å². The maximum atomic E-state index is 12.8. The molecule has 1 fully saturated rings. The fourth-order valence-corrected chi connectivity index (χ4v) is 2.86. The molecule has 0 bridgehead atoms. The number of amides is 2. The van der Waals surface area contributed by atoms with Crippen LogP contribution in [0.4, 0.5) is 5.69 Å². The highest BCUT2D eigenvalue weighted by Crippen LogP contribution is 2.29. The number of rotatable bonds is 2. The summed E-state index contributed by atoms with van der Waals surface area (Å²) >= 11 is 17.0. The van der Waals surface area contributed by atoms with Gasteiger partial charge in [-0.05, 0) is 48.6 Å². The molecule has 0 spiro atoms. The minimum Gasteiger partial charge on any atom is -0.351 e. The SMILES string of the molecule is Cn1cccc1/C=C1/C(=O)NC(=S)N(c2ccc(Cl)c(Cl)c2)C1=O. The van der Waals surface area contributed by atoms with Crippen molar-refractivity contribution in [3.63, 3.8) is 0 Å². The second kappa shape index (κ2) is 6.39. The first-order valence-corrected chi connectivity index (χ1v) is 8.03. The van der Waals surface area contributed by atoms with Crippen LogP contribution in [0.25, 0.3) is 6.08 Å². The van der Waals surface area contributed by atoms with Gasteiger partial charge in [-0.1, -0.05) is 23.2 Å². The summed E-state index contributed by atoms with van der Waals surface area (Å²) in [4.78, 5) is 26.2. The van der Waals surface area contributed by atoms with E-state index in [1.165, 1.54) is 17.0 Å². The van der Waals surface area contributed by atoms with Crippen molar-refractivity contribution in [3.8, 4) is 0 Å². The molecule has 1 aromatic carbocycles. The Morgan fingerprint density at radius 1 is 1.17 bits per heavy atom. The van der Waals surface area contributed by atoms with Crippen LogP contribution in [0.5, 0.6) is 0 Å². The molecule has 24 heavy (non-hydrogen) atoms. The second-order valence-electron chi connectivity index (χ2n) is 5.10. The highest BCUT2D eigenvalue weighted by atomic mass is 35.5. The zero-order valence-electron chi connectivity index (χ0n) is 12.4. The van der Waals surface area contributed by atoms with Gasteiger partial charge in [0.1, 0.15) is 5.57 Å². The molecule has 2 aromatic rings. The zero-order valence-corrected chi connectivity index (χ0v) is 14.7. The molecule has 5 nitrogen and oxygen atoms in total. The molecule has 1 aliphatic heterocycles. The first-order valence-electron chi connectivity index (χ1n) is 6.86. The van der Waals surface area contributed by atoms with E-state index in [0.717, 1.165) is 5.69 Å². The molecule has 0 saturated carbocycles. The lowest BCUT2D eigenvalue weighted by molar-refractivity contribution is -0.122.